The Labute approximate surface area is 94.4 Å². The van der Waals surface area contributed by atoms with Crippen LogP contribution in [0.25, 0.3) is 0 Å². The first-order chi connectivity index (χ1) is 7.52. The summed E-state index contributed by atoms with van der Waals surface area (Å²) in [5, 5.41) is 0. The Morgan fingerprint density at radius 2 is 2.06 bits per heavy atom. The van der Waals surface area contributed by atoms with E-state index >= 15 is 0 Å². The van der Waals surface area contributed by atoms with E-state index in [0.717, 1.165) is 11.8 Å². The second-order valence-electron chi connectivity index (χ2n) is 4.61. The topological polar surface area (TPSA) is 43.4 Å². The molecule has 1 atom stereocenters. The van der Waals surface area contributed by atoms with E-state index in [9.17, 15) is 9.59 Å². The van der Waals surface area contributed by atoms with E-state index in [1.54, 1.807) is 13.2 Å². The lowest BCUT2D eigenvalue weighted by atomic mass is 9.79. The average Bonchev–Trinajstić information content (AvgIpc) is 2.46. The van der Waals surface area contributed by atoms with Gasteiger partial charge in [0.05, 0.1) is 13.0 Å². The van der Waals surface area contributed by atoms with Crippen LogP contribution >= 0.6 is 0 Å². The van der Waals surface area contributed by atoms with Gasteiger partial charge >= 0.3 is 0 Å². The van der Waals surface area contributed by atoms with Crippen molar-refractivity contribution < 1.29 is 14.3 Å². The molecule has 84 valence electrons. The molecule has 0 saturated carbocycles. The maximum Gasteiger partial charge on any atom is 0.174 e. The van der Waals surface area contributed by atoms with Crippen molar-refractivity contribution in [1.29, 1.82) is 0 Å². The van der Waals surface area contributed by atoms with E-state index < -0.39 is 11.3 Å². The number of Topliss-reactive ketones (excluding diaryl/α,β-unsaturated/α-hetero) is 1. The highest BCUT2D eigenvalue weighted by Crippen LogP contribution is 2.42. The van der Waals surface area contributed by atoms with Gasteiger partial charge in [-0.05, 0) is 17.7 Å². The van der Waals surface area contributed by atoms with E-state index in [4.69, 9.17) is 4.74 Å². The van der Waals surface area contributed by atoms with Crippen LogP contribution in [-0.4, -0.2) is 19.2 Å². The van der Waals surface area contributed by atoms with Crippen molar-refractivity contribution in [2.75, 3.05) is 7.11 Å². The van der Waals surface area contributed by atoms with Gasteiger partial charge < -0.3 is 9.53 Å². The summed E-state index contributed by atoms with van der Waals surface area (Å²) in [5.41, 5.74) is 1.12. The summed E-state index contributed by atoms with van der Waals surface area (Å²) in [6.07, 6.45) is 0.745. The van der Waals surface area contributed by atoms with Crippen molar-refractivity contribution in [3.8, 4) is 5.75 Å². The minimum atomic E-state index is -0.574. The number of ether oxygens (including phenoxy) is 1. The number of hydrogen-bond acceptors (Lipinski definition) is 3. The van der Waals surface area contributed by atoms with E-state index in [-0.39, 0.29) is 5.78 Å². The molecule has 1 aliphatic carbocycles. The summed E-state index contributed by atoms with van der Waals surface area (Å²) in [7, 11) is 1.56. The molecule has 16 heavy (non-hydrogen) atoms. The fraction of sp³-hybridized carbons (Fsp3) is 0.385. The minimum absolute atomic E-state index is 0.103. The zero-order chi connectivity index (χ0) is 11.9. The van der Waals surface area contributed by atoms with Crippen molar-refractivity contribution in [1.82, 2.24) is 0 Å². The first-order valence-corrected chi connectivity index (χ1v) is 5.20. The number of methoxy groups -OCH3 is 1. The van der Waals surface area contributed by atoms with Crippen LogP contribution in [-0.2, 0) is 10.2 Å². The maximum absolute atomic E-state index is 12.0. The monoisotopic (exact) mass is 218 g/mol. The Morgan fingerprint density at radius 3 is 2.62 bits per heavy atom. The number of carbonyl (C=O) groups excluding carboxylic acids is 2. The Hall–Kier alpha value is -1.64. The van der Waals surface area contributed by atoms with E-state index in [1.165, 1.54) is 0 Å². The van der Waals surface area contributed by atoms with E-state index in [2.05, 4.69) is 0 Å². The molecular weight excluding hydrogens is 204 g/mol. The Bertz CT molecular complexity index is 460. The molecular formula is C13H14O3. The number of aldehydes is 1. The zero-order valence-corrected chi connectivity index (χ0v) is 9.61. The molecule has 0 fully saturated rings. The molecule has 2 rings (SSSR count). The molecule has 0 aromatic heterocycles. The fourth-order valence-electron chi connectivity index (χ4n) is 2.31. The minimum Gasteiger partial charge on any atom is -0.497 e. The molecule has 0 spiro atoms. The van der Waals surface area contributed by atoms with Crippen LogP contribution in [0.2, 0.25) is 0 Å². The molecule has 1 aromatic rings. The van der Waals surface area contributed by atoms with E-state index in [0.29, 0.717) is 11.3 Å². The van der Waals surface area contributed by atoms with Gasteiger partial charge in [-0.15, -0.1) is 0 Å². The Morgan fingerprint density at radius 1 is 1.38 bits per heavy atom. The normalized spacial score (nSPS) is 21.7. The number of rotatable bonds is 2. The largest absolute Gasteiger partial charge is 0.497 e. The lowest BCUT2D eigenvalue weighted by Gasteiger charge is -2.22. The smallest absolute Gasteiger partial charge is 0.174 e. The summed E-state index contributed by atoms with van der Waals surface area (Å²) < 4.78 is 5.08. The SMILES string of the molecule is COc1ccc2c(c1)C(=O)C(C=O)C2(C)C. The molecule has 1 unspecified atom stereocenters. The molecule has 3 nitrogen and oxygen atoms in total. The van der Waals surface area contributed by atoms with Crippen LogP contribution in [0.3, 0.4) is 0 Å². The third-order valence-corrected chi connectivity index (χ3v) is 3.38. The Balaban J connectivity index is 2.62. The fourth-order valence-corrected chi connectivity index (χ4v) is 2.31. The van der Waals surface area contributed by atoms with Crippen molar-refractivity contribution in [3.63, 3.8) is 0 Å². The predicted molar refractivity (Wildman–Crippen MR) is 59.9 cm³/mol. The number of fused-ring (bicyclic) bond motifs is 1. The van der Waals surface area contributed by atoms with Crippen molar-refractivity contribution in [3.05, 3.63) is 29.3 Å². The van der Waals surface area contributed by atoms with Gasteiger partial charge in [0.15, 0.2) is 5.78 Å². The number of benzene rings is 1. The maximum atomic E-state index is 12.0. The Kier molecular flexibility index (Phi) is 2.34. The molecule has 0 radical (unpaired) electrons. The van der Waals surface area contributed by atoms with Crippen molar-refractivity contribution in [2.45, 2.75) is 19.3 Å². The van der Waals surface area contributed by atoms with Crippen molar-refractivity contribution in [2.24, 2.45) is 5.92 Å². The molecule has 0 heterocycles. The number of carbonyl (C=O) groups is 2. The quantitative estimate of drug-likeness (QED) is 0.563. The number of ketones is 1. The van der Waals surface area contributed by atoms with Gasteiger partial charge in [-0.3, -0.25) is 4.79 Å². The molecule has 0 saturated heterocycles. The highest BCUT2D eigenvalue weighted by molar-refractivity contribution is 6.11. The third-order valence-electron chi connectivity index (χ3n) is 3.38. The standard InChI is InChI=1S/C13H14O3/c1-13(2)10-5-4-8(16-3)6-9(10)12(15)11(13)7-14/h4-7,11H,1-3H3. The first kappa shape index (κ1) is 10.9. The molecule has 0 N–H and O–H groups in total. The first-order valence-electron chi connectivity index (χ1n) is 5.20. The van der Waals surface area contributed by atoms with Gasteiger partial charge in [-0.2, -0.15) is 0 Å². The van der Waals surface area contributed by atoms with Crippen molar-refractivity contribution >= 4 is 12.1 Å². The van der Waals surface area contributed by atoms with Gasteiger partial charge in [-0.1, -0.05) is 19.9 Å². The van der Waals surface area contributed by atoms with Gasteiger partial charge in [0.25, 0.3) is 0 Å². The van der Waals surface area contributed by atoms with Gasteiger partial charge in [0.1, 0.15) is 12.0 Å². The third kappa shape index (κ3) is 1.28. The van der Waals surface area contributed by atoms with Gasteiger partial charge in [-0.25, -0.2) is 0 Å². The van der Waals surface area contributed by atoms with E-state index in [1.807, 2.05) is 26.0 Å². The van der Waals surface area contributed by atoms with Gasteiger partial charge in [0, 0.05) is 11.0 Å². The molecule has 0 bridgehead atoms. The molecule has 0 amide bonds. The van der Waals surface area contributed by atoms with Crippen LogP contribution in [0.1, 0.15) is 29.8 Å². The molecule has 1 aromatic carbocycles. The van der Waals surface area contributed by atoms with Crippen LogP contribution in [0, 0.1) is 5.92 Å². The zero-order valence-electron chi connectivity index (χ0n) is 9.61. The van der Waals surface area contributed by atoms with Crippen LogP contribution in [0.4, 0.5) is 0 Å². The lowest BCUT2D eigenvalue weighted by molar-refractivity contribution is -0.111. The summed E-state index contributed by atoms with van der Waals surface area (Å²) in [5.74, 6) is -0.0297. The summed E-state index contributed by atoms with van der Waals surface area (Å²) >= 11 is 0. The number of hydrogen-bond donors (Lipinski definition) is 0. The summed E-state index contributed by atoms with van der Waals surface area (Å²) in [4.78, 5) is 23.0. The second-order valence-corrected chi connectivity index (χ2v) is 4.61. The van der Waals surface area contributed by atoms with Gasteiger partial charge in [0.2, 0.25) is 0 Å². The van der Waals surface area contributed by atoms with Crippen LogP contribution in [0.15, 0.2) is 18.2 Å². The second kappa shape index (κ2) is 3.44. The molecule has 1 aliphatic rings. The highest BCUT2D eigenvalue weighted by Gasteiger charge is 2.45. The lowest BCUT2D eigenvalue weighted by Crippen LogP contribution is -2.28. The molecule has 0 aliphatic heterocycles. The summed E-state index contributed by atoms with van der Waals surface area (Å²) in [6.45, 7) is 3.84. The van der Waals surface area contributed by atoms with Crippen LogP contribution < -0.4 is 4.74 Å². The molecule has 3 heteroatoms. The van der Waals surface area contributed by atoms with Crippen LogP contribution in [0.5, 0.6) is 5.75 Å². The highest BCUT2D eigenvalue weighted by atomic mass is 16.5. The predicted octanol–water partition coefficient (Wildman–Crippen LogP) is 1.98. The average molecular weight is 218 g/mol. The summed E-state index contributed by atoms with van der Waals surface area (Å²) in [6, 6.07) is 5.40.